The molecule has 3 saturated heterocycles. The lowest BCUT2D eigenvalue weighted by atomic mass is 9.90. The third kappa shape index (κ3) is 2.18. The Morgan fingerprint density at radius 2 is 1.46 bits per heavy atom. The minimum Gasteiger partial charge on any atom is -0.274 e. The number of amides is 2. The lowest BCUT2D eigenvalue weighted by molar-refractivity contribution is -0.126. The van der Waals surface area contributed by atoms with Crippen LogP contribution in [0.2, 0.25) is 5.02 Å². The van der Waals surface area contributed by atoms with Crippen LogP contribution in [0.25, 0.3) is 0 Å². The van der Waals surface area contributed by atoms with Crippen LogP contribution in [-0.2, 0) is 9.59 Å². The molecule has 0 saturated carbocycles. The zero-order valence-corrected chi connectivity index (χ0v) is 14.8. The average Bonchev–Trinajstić information content (AvgIpc) is 3.29. The number of nitrogens with zero attached hydrogens (tertiary/aromatic N) is 3. The molecule has 0 bridgehead atoms. The van der Waals surface area contributed by atoms with E-state index in [0.29, 0.717) is 10.7 Å². The summed E-state index contributed by atoms with van der Waals surface area (Å²) in [6, 6.07) is 16.4. The topological polar surface area (TPSA) is 43.9 Å². The Morgan fingerprint density at radius 1 is 0.808 bits per heavy atom. The lowest BCUT2D eigenvalue weighted by Crippen LogP contribution is -2.44. The van der Waals surface area contributed by atoms with Crippen molar-refractivity contribution in [2.45, 2.75) is 18.5 Å². The summed E-state index contributed by atoms with van der Waals surface area (Å²) >= 11 is 5.96. The SMILES string of the molecule is O=C1C2C(C(=O)N1c1ccc(Cl)cc1)N1CCCN1C2c1ccccc1. The highest BCUT2D eigenvalue weighted by Crippen LogP contribution is 2.48. The highest BCUT2D eigenvalue weighted by molar-refractivity contribution is 6.31. The fourth-order valence-corrected chi connectivity index (χ4v) is 4.73. The lowest BCUT2D eigenvalue weighted by Gasteiger charge is -2.29. The van der Waals surface area contributed by atoms with Gasteiger partial charge in [-0.15, -0.1) is 0 Å². The summed E-state index contributed by atoms with van der Waals surface area (Å²) in [4.78, 5) is 27.9. The van der Waals surface area contributed by atoms with Crippen LogP contribution in [0.4, 0.5) is 5.69 Å². The van der Waals surface area contributed by atoms with Gasteiger partial charge in [-0.2, -0.15) is 0 Å². The average molecular weight is 368 g/mol. The molecule has 6 heteroatoms. The Labute approximate surface area is 156 Å². The molecule has 2 aromatic rings. The second-order valence-corrected chi connectivity index (χ2v) is 7.43. The van der Waals surface area contributed by atoms with Crippen LogP contribution in [0.5, 0.6) is 0 Å². The maximum absolute atomic E-state index is 13.3. The molecule has 5 nitrogen and oxygen atoms in total. The van der Waals surface area contributed by atoms with Gasteiger partial charge in [-0.3, -0.25) is 9.59 Å². The van der Waals surface area contributed by atoms with Crippen molar-refractivity contribution in [3.8, 4) is 0 Å². The van der Waals surface area contributed by atoms with E-state index in [-0.39, 0.29) is 23.8 Å². The summed E-state index contributed by atoms with van der Waals surface area (Å²) in [5.41, 5.74) is 1.68. The summed E-state index contributed by atoms with van der Waals surface area (Å²) in [5, 5.41) is 4.92. The summed E-state index contributed by atoms with van der Waals surface area (Å²) < 4.78 is 0. The van der Waals surface area contributed by atoms with Gasteiger partial charge in [0.15, 0.2) is 0 Å². The van der Waals surface area contributed by atoms with E-state index in [2.05, 4.69) is 10.0 Å². The van der Waals surface area contributed by atoms with Gasteiger partial charge in [0, 0.05) is 18.1 Å². The predicted molar refractivity (Wildman–Crippen MR) is 98.4 cm³/mol. The molecule has 3 atom stereocenters. The van der Waals surface area contributed by atoms with Crippen LogP contribution in [0.1, 0.15) is 18.0 Å². The number of fused-ring (bicyclic) bond motifs is 3. The fourth-order valence-electron chi connectivity index (χ4n) is 4.61. The van der Waals surface area contributed by atoms with E-state index < -0.39 is 6.04 Å². The number of halogens is 1. The second-order valence-electron chi connectivity index (χ2n) is 6.99. The monoisotopic (exact) mass is 367 g/mol. The van der Waals surface area contributed by atoms with E-state index >= 15 is 0 Å². The van der Waals surface area contributed by atoms with Crippen LogP contribution in [0.3, 0.4) is 0 Å². The summed E-state index contributed by atoms with van der Waals surface area (Å²) in [6.07, 6.45) is 1.01. The van der Waals surface area contributed by atoms with E-state index in [9.17, 15) is 9.59 Å². The van der Waals surface area contributed by atoms with Crippen LogP contribution < -0.4 is 4.90 Å². The molecule has 0 aliphatic carbocycles. The molecule has 3 heterocycles. The largest absolute Gasteiger partial charge is 0.274 e. The Bertz CT molecular complexity index is 870. The first-order valence-electron chi connectivity index (χ1n) is 8.88. The predicted octanol–water partition coefficient (Wildman–Crippen LogP) is 2.88. The molecular weight excluding hydrogens is 350 g/mol. The van der Waals surface area contributed by atoms with E-state index in [1.54, 1.807) is 24.3 Å². The van der Waals surface area contributed by atoms with Gasteiger partial charge in [-0.05, 0) is 36.2 Å². The van der Waals surface area contributed by atoms with Crippen molar-refractivity contribution in [1.29, 1.82) is 0 Å². The molecule has 3 unspecified atom stereocenters. The molecule has 0 N–H and O–H groups in total. The smallest absolute Gasteiger partial charge is 0.253 e. The Balaban J connectivity index is 1.58. The highest BCUT2D eigenvalue weighted by atomic mass is 35.5. The molecule has 0 aromatic heterocycles. The number of carbonyl (C=O) groups excluding carboxylic acids is 2. The van der Waals surface area contributed by atoms with Crippen LogP contribution >= 0.6 is 11.6 Å². The van der Waals surface area contributed by atoms with Crippen molar-refractivity contribution in [3.63, 3.8) is 0 Å². The van der Waals surface area contributed by atoms with Gasteiger partial charge >= 0.3 is 0 Å². The van der Waals surface area contributed by atoms with Gasteiger partial charge < -0.3 is 0 Å². The molecule has 26 heavy (non-hydrogen) atoms. The van der Waals surface area contributed by atoms with Gasteiger partial charge in [-0.25, -0.2) is 14.9 Å². The first-order chi connectivity index (χ1) is 12.7. The third-order valence-corrected chi connectivity index (χ3v) is 5.88. The van der Waals surface area contributed by atoms with Gasteiger partial charge in [0.1, 0.15) is 6.04 Å². The highest BCUT2D eigenvalue weighted by Gasteiger charge is 2.62. The number of benzene rings is 2. The Morgan fingerprint density at radius 3 is 2.15 bits per heavy atom. The maximum Gasteiger partial charge on any atom is 0.253 e. The van der Waals surface area contributed by atoms with Crippen molar-refractivity contribution in [2.75, 3.05) is 18.0 Å². The molecule has 2 amide bonds. The summed E-state index contributed by atoms with van der Waals surface area (Å²) in [7, 11) is 0. The Kier molecular flexibility index (Phi) is 3.64. The molecule has 0 spiro atoms. The molecule has 3 aliphatic rings. The van der Waals surface area contributed by atoms with Crippen LogP contribution in [0, 0.1) is 5.92 Å². The number of carbonyl (C=O) groups is 2. The van der Waals surface area contributed by atoms with Crippen molar-refractivity contribution in [2.24, 2.45) is 5.92 Å². The van der Waals surface area contributed by atoms with Crippen molar-refractivity contribution < 1.29 is 9.59 Å². The van der Waals surface area contributed by atoms with Crippen molar-refractivity contribution >= 4 is 29.1 Å². The number of hydrogen-bond acceptors (Lipinski definition) is 4. The minimum atomic E-state index is -0.411. The number of hydrogen-bond donors (Lipinski definition) is 0. The van der Waals surface area contributed by atoms with E-state index in [0.717, 1.165) is 25.1 Å². The van der Waals surface area contributed by atoms with E-state index in [1.807, 2.05) is 30.3 Å². The zero-order valence-electron chi connectivity index (χ0n) is 14.1. The molecule has 3 fully saturated rings. The number of rotatable bonds is 2. The molecule has 132 valence electrons. The normalized spacial score (nSPS) is 28.7. The van der Waals surface area contributed by atoms with Gasteiger partial charge in [-0.1, -0.05) is 41.9 Å². The van der Waals surface area contributed by atoms with Crippen LogP contribution in [-0.4, -0.2) is 41.0 Å². The van der Waals surface area contributed by atoms with Crippen molar-refractivity contribution in [1.82, 2.24) is 10.0 Å². The van der Waals surface area contributed by atoms with E-state index in [1.165, 1.54) is 4.90 Å². The number of hydrazine groups is 1. The minimum absolute atomic E-state index is 0.0857. The standard InChI is InChI=1S/C20H18ClN3O2/c21-14-7-9-15(10-8-14)24-19(25)16-17(13-5-2-1-3-6-13)22-11-4-12-23(22)18(16)20(24)26/h1-3,5-10,16-18H,4,11-12H2. The molecule has 5 rings (SSSR count). The first kappa shape index (κ1) is 16.0. The molecule has 2 aromatic carbocycles. The maximum atomic E-state index is 13.3. The number of anilines is 1. The zero-order chi connectivity index (χ0) is 17.8. The molecular formula is C20H18ClN3O2. The fraction of sp³-hybridized carbons (Fsp3) is 0.300. The van der Waals surface area contributed by atoms with Crippen LogP contribution in [0.15, 0.2) is 54.6 Å². The van der Waals surface area contributed by atoms with Gasteiger partial charge in [0.2, 0.25) is 5.91 Å². The first-order valence-corrected chi connectivity index (χ1v) is 9.26. The van der Waals surface area contributed by atoms with Gasteiger partial charge in [0.05, 0.1) is 17.6 Å². The van der Waals surface area contributed by atoms with Gasteiger partial charge in [0.25, 0.3) is 5.91 Å². The van der Waals surface area contributed by atoms with E-state index in [4.69, 9.17) is 11.6 Å². The molecule has 0 radical (unpaired) electrons. The summed E-state index contributed by atoms with van der Waals surface area (Å²) in [6.45, 7) is 1.70. The Hall–Kier alpha value is -2.21. The summed E-state index contributed by atoms with van der Waals surface area (Å²) in [5.74, 6) is -0.626. The van der Waals surface area contributed by atoms with Crippen molar-refractivity contribution in [3.05, 3.63) is 65.2 Å². The number of imide groups is 1. The third-order valence-electron chi connectivity index (χ3n) is 5.63. The quantitative estimate of drug-likeness (QED) is 0.766. The second kappa shape index (κ2) is 5.91. The molecule has 3 aliphatic heterocycles.